The number of hydrogen-bond acceptors (Lipinski definition) is 4. The number of aryl methyl sites for hydroxylation is 2. The first-order chi connectivity index (χ1) is 13.6. The fourth-order valence-corrected chi connectivity index (χ4v) is 3.10. The van der Waals surface area contributed by atoms with Gasteiger partial charge in [-0.1, -0.05) is 31.1 Å². The van der Waals surface area contributed by atoms with Crippen LogP contribution in [0.5, 0.6) is 0 Å². The Morgan fingerprint density at radius 1 is 1.24 bits per heavy atom. The second kappa shape index (κ2) is 11.2. The molecule has 2 aromatic heterocycles. The van der Waals surface area contributed by atoms with Crippen LogP contribution in [0.4, 0.5) is 0 Å². The molecule has 0 radical (unpaired) electrons. The number of halogens is 1. The van der Waals surface area contributed by atoms with Crippen molar-refractivity contribution in [2.75, 3.05) is 13.1 Å². The zero-order valence-electron chi connectivity index (χ0n) is 17.6. The Bertz CT molecular complexity index is 930. The molecular formula is C21H31IN6O. The number of aromatic nitrogens is 3. The van der Waals surface area contributed by atoms with Gasteiger partial charge in [-0.2, -0.15) is 0 Å². The number of nitrogens with zero attached hydrogens (tertiary/aromatic N) is 4. The average molecular weight is 510 g/mol. The molecule has 2 N–H and O–H groups in total. The van der Waals surface area contributed by atoms with Crippen molar-refractivity contribution in [3.63, 3.8) is 0 Å². The van der Waals surface area contributed by atoms with Crippen molar-refractivity contribution in [3.8, 4) is 0 Å². The zero-order chi connectivity index (χ0) is 19.9. The third kappa shape index (κ3) is 6.19. The van der Waals surface area contributed by atoms with Crippen LogP contribution in [0.25, 0.3) is 11.0 Å². The summed E-state index contributed by atoms with van der Waals surface area (Å²) < 4.78 is 7.63. The highest BCUT2D eigenvalue weighted by molar-refractivity contribution is 14.0. The van der Waals surface area contributed by atoms with E-state index in [2.05, 4.69) is 76.2 Å². The molecule has 0 bridgehead atoms. The molecule has 0 spiro atoms. The van der Waals surface area contributed by atoms with E-state index in [1.165, 1.54) is 5.52 Å². The SMILES string of the molecule is CCNC(=NCc1cc(C(C)C)no1)NCCCn1c(C)nc2ccccc21.I. The number of rotatable bonds is 8. The molecule has 3 rings (SSSR count). The number of aliphatic imine (C=N–C) groups is 1. The molecule has 0 saturated heterocycles. The van der Waals surface area contributed by atoms with Crippen LogP contribution < -0.4 is 10.6 Å². The Labute approximate surface area is 189 Å². The van der Waals surface area contributed by atoms with Gasteiger partial charge in [-0.05, 0) is 38.3 Å². The lowest BCUT2D eigenvalue weighted by Crippen LogP contribution is -2.38. The smallest absolute Gasteiger partial charge is 0.191 e. The van der Waals surface area contributed by atoms with Crippen LogP contribution in [0.1, 0.15) is 50.4 Å². The van der Waals surface area contributed by atoms with Crippen LogP contribution in [0.3, 0.4) is 0 Å². The Balaban J connectivity index is 0.00000300. The summed E-state index contributed by atoms with van der Waals surface area (Å²) in [7, 11) is 0. The van der Waals surface area contributed by atoms with Crippen molar-refractivity contribution >= 4 is 41.0 Å². The molecule has 0 aliphatic heterocycles. The van der Waals surface area contributed by atoms with E-state index in [0.717, 1.165) is 54.8 Å². The molecule has 3 aromatic rings. The monoisotopic (exact) mass is 510 g/mol. The molecule has 2 heterocycles. The third-order valence-corrected chi connectivity index (χ3v) is 4.60. The van der Waals surface area contributed by atoms with Gasteiger partial charge in [0.25, 0.3) is 0 Å². The summed E-state index contributed by atoms with van der Waals surface area (Å²) in [5, 5.41) is 10.8. The van der Waals surface area contributed by atoms with Gasteiger partial charge in [-0.3, -0.25) is 0 Å². The Morgan fingerprint density at radius 3 is 2.76 bits per heavy atom. The van der Waals surface area contributed by atoms with Crippen LogP contribution in [0.2, 0.25) is 0 Å². The molecule has 1 aromatic carbocycles. The van der Waals surface area contributed by atoms with Crippen LogP contribution in [0, 0.1) is 6.92 Å². The summed E-state index contributed by atoms with van der Waals surface area (Å²) in [4.78, 5) is 9.22. The first-order valence-corrected chi connectivity index (χ1v) is 9.98. The molecule has 0 aliphatic carbocycles. The van der Waals surface area contributed by atoms with Gasteiger partial charge >= 0.3 is 0 Å². The maximum atomic E-state index is 5.36. The topological polar surface area (TPSA) is 80.3 Å². The Kier molecular flexibility index (Phi) is 8.94. The predicted molar refractivity (Wildman–Crippen MR) is 128 cm³/mol. The number of imidazole rings is 1. The summed E-state index contributed by atoms with van der Waals surface area (Å²) in [6.45, 7) is 11.3. The lowest BCUT2D eigenvalue weighted by molar-refractivity contribution is 0.376. The maximum Gasteiger partial charge on any atom is 0.191 e. The summed E-state index contributed by atoms with van der Waals surface area (Å²) in [6, 6.07) is 10.2. The molecule has 0 aliphatic rings. The number of nitrogens with one attached hydrogen (secondary N) is 2. The van der Waals surface area contributed by atoms with Gasteiger partial charge in [0.15, 0.2) is 11.7 Å². The first-order valence-electron chi connectivity index (χ1n) is 9.98. The molecule has 29 heavy (non-hydrogen) atoms. The standard InChI is InChI=1S/C21H30N6O.HI/c1-5-22-21(24-14-17-13-19(15(2)3)26-28-17)23-11-8-12-27-16(4)25-18-9-6-7-10-20(18)27;/h6-7,9-10,13,15H,5,8,11-12,14H2,1-4H3,(H2,22,23,24);1H. The van der Waals surface area contributed by atoms with Crippen LogP contribution in [0.15, 0.2) is 39.8 Å². The largest absolute Gasteiger partial charge is 0.359 e. The maximum absolute atomic E-state index is 5.36. The van der Waals surface area contributed by atoms with Crippen LogP contribution in [-0.4, -0.2) is 33.8 Å². The second-order valence-electron chi connectivity index (χ2n) is 7.15. The molecule has 0 saturated carbocycles. The molecule has 0 amide bonds. The fourth-order valence-electron chi connectivity index (χ4n) is 3.10. The lowest BCUT2D eigenvalue weighted by atomic mass is 10.1. The Hall–Kier alpha value is -2.10. The molecule has 7 nitrogen and oxygen atoms in total. The molecule has 0 atom stereocenters. The van der Waals surface area contributed by atoms with Gasteiger partial charge in [0.2, 0.25) is 0 Å². The highest BCUT2D eigenvalue weighted by Crippen LogP contribution is 2.16. The van der Waals surface area contributed by atoms with Gasteiger partial charge in [-0.15, -0.1) is 24.0 Å². The minimum Gasteiger partial charge on any atom is -0.359 e. The minimum absolute atomic E-state index is 0. The molecular weight excluding hydrogens is 479 g/mol. The number of guanidine groups is 1. The first kappa shape index (κ1) is 23.2. The molecule has 8 heteroatoms. The van der Waals surface area contributed by atoms with Crippen molar-refractivity contribution in [2.45, 2.75) is 53.1 Å². The van der Waals surface area contributed by atoms with Crippen molar-refractivity contribution in [3.05, 3.63) is 47.6 Å². The highest BCUT2D eigenvalue weighted by Gasteiger charge is 2.08. The van der Waals surface area contributed by atoms with E-state index >= 15 is 0 Å². The van der Waals surface area contributed by atoms with Gasteiger partial charge in [0.05, 0.1) is 16.7 Å². The summed E-state index contributed by atoms with van der Waals surface area (Å²) in [6.07, 6.45) is 0.978. The van der Waals surface area contributed by atoms with Crippen molar-refractivity contribution in [1.29, 1.82) is 0 Å². The number of fused-ring (bicyclic) bond motifs is 1. The fraction of sp³-hybridized carbons (Fsp3) is 0.476. The van der Waals surface area contributed by atoms with E-state index in [4.69, 9.17) is 4.52 Å². The van der Waals surface area contributed by atoms with Crippen molar-refractivity contribution in [1.82, 2.24) is 25.3 Å². The van der Waals surface area contributed by atoms with Gasteiger partial charge in [0.1, 0.15) is 12.4 Å². The lowest BCUT2D eigenvalue weighted by Gasteiger charge is -2.12. The van der Waals surface area contributed by atoms with Crippen LogP contribution >= 0.6 is 24.0 Å². The zero-order valence-corrected chi connectivity index (χ0v) is 19.9. The third-order valence-electron chi connectivity index (χ3n) is 4.60. The van der Waals surface area contributed by atoms with E-state index in [9.17, 15) is 0 Å². The van der Waals surface area contributed by atoms with Gasteiger partial charge in [-0.25, -0.2) is 9.98 Å². The summed E-state index contributed by atoms with van der Waals surface area (Å²) >= 11 is 0. The normalized spacial score (nSPS) is 11.7. The number of para-hydroxylation sites is 2. The summed E-state index contributed by atoms with van der Waals surface area (Å²) in [5.41, 5.74) is 3.20. The highest BCUT2D eigenvalue weighted by atomic mass is 127. The van der Waals surface area contributed by atoms with Crippen molar-refractivity contribution < 1.29 is 4.52 Å². The van der Waals surface area contributed by atoms with E-state index in [0.29, 0.717) is 12.5 Å². The molecule has 0 fully saturated rings. The van der Waals surface area contributed by atoms with Crippen LogP contribution in [-0.2, 0) is 13.1 Å². The second-order valence-corrected chi connectivity index (χ2v) is 7.15. The van der Waals surface area contributed by atoms with E-state index in [1.54, 1.807) is 0 Å². The molecule has 0 unspecified atom stereocenters. The van der Waals surface area contributed by atoms with E-state index in [1.807, 2.05) is 12.1 Å². The Morgan fingerprint density at radius 2 is 2.03 bits per heavy atom. The van der Waals surface area contributed by atoms with Gasteiger partial charge in [0, 0.05) is 25.7 Å². The van der Waals surface area contributed by atoms with E-state index < -0.39 is 0 Å². The predicted octanol–water partition coefficient (Wildman–Crippen LogP) is 4.22. The molecule has 158 valence electrons. The van der Waals surface area contributed by atoms with Gasteiger partial charge < -0.3 is 19.7 Å². The summed E-state index contributed by atoms with van der Waals surface area (Å²) in [5.74, 6) is 2.97. The van der Waals surface area contributed by atoms with E-state index in [-0.39, 0.29) is 24.0 Å². The van der Waals surface area contributed by atoms with Crippen molar-refractivity contribution in [2.24, 2.45) is 4.99 Å². The number of benzene rings is 1. The minimum atomic E-state index is 0. The number of hydrogen-bond donors (Lipinski definition) is 2. The quantitative estimate of drug-likeness (QED) is 0.205. The average Bonchev–Trinajstić information content (AvgIpc) is 3.27.